The molecule has 1 aromatic carbocycles. The maximum atomic E-state index is 12.5. The zero-order valence-corrected chi connectivity index (χ0v) is 11.6. The molecule has 0 saturated carbocycles. The molecule has 0 atom stereocenters. The van der Waals surface area contributed by atoms with Crippen molar-refractivity contribution in [2.75, 3.05) is 6.61 Å². The van der Waals surface area contributed by atoms with Crippen LogP contribution < -0.4 is 4.74 Å². The number of carbonyl (C=O) groups excluding carboxylic acids is 1. The Labute approximate surface area is 118 Å². The van der Waals surface area contributed by atoms with Gasteiger partial charge in [0.05, 0.1) is 11.5 Å². The predicted molar refractivity (Wildman–Crippen MR) is 78.8 cm³/mol. The summed E-state index contributed by atoms with van der Waals surface area (Å²) >= 11 is 3.25. The van der Waals surface area contributed by atoms with E-state index in [4.69, 9.17) is 4.74 Å². The second kappa shape index (κ2) is 4.18. The molecule has 0 N–H and O–H groups in total. The molecule has 0 amide bonds. The minimum atomic E-state index is 0.114. The maximum Gasteiger partial charge on any atom is 0.203 e. The zero-order valence-electron chi connectivity index (χ0n) is 10.0. The van der Waals surface area contributed by atoms with Crippen molar-refractivity contribution in [1.29, 1.82) is 0 Å². The summed E-state index contributed by atoms with van der Waals surface area (Å²) in [7, 11) is 0. The van der Waals surface area contributed by atoms with Crippen molar-refractivity contribution >= 4 is 37.9 Å². The van der Waals surface area contributed by atoms with E-state index in [1.54, 1.807) is 22.7 Å². The fraction of sp³-hybridized carbons (Fsp3) is 0.133. The predicted octanol–water partition coefficient (Wildman–Crippen LogP) is 4.13. The van der Waals surface area contributed by atoms with Crippen LogP contribution in [0.4, 0.5) is 0 Å². The van der Waals surface area contributed by atoms with Gasteiger partial charge in [-0.3, -0.25) is 4.79 Å². The maximum absolute atomic E-state index is 12.5. The van der Waals surface area contributed by atoms with Gasteiger partial charge in [0.25, 0.3) is 0 Å². The third-order valence-corrected chi connectivity index (χ3v) is 5.41. The average Bonchev–Trinajstić information content (AvgIpc) is 3.11. The Kier molecular flexibility index (Phi) is 2.47. The van der Waals surface area contributed by atoms with Crippen LogP contribution >= 0.6 is 22.7 Å². The van der Waals surface area contributed by atoms with E-state index in [0.717, 1.165) is 34.8 Å². The molecule has 4 heteroatoms. The van der Waals surface area contributed by atoms with E-state index in [-0.39, 0.29) is 5.78 Å². The highest BCUT2D eigenvalue weighted by Crippen LogP contribution is 2.32. The minimum Gasteiger partial charge on any atom is -0.493 e. The van der Waals surface area contributed by atoms with Gasteiger partial charge in [-0.15, -0.1) is 22.7 Å². The number of hydrogen-bond donors (Lipinski definition) is 0. The third kappa shape index (κ3) is 1.79. The van der Waals surface area contributed by atoms with E-state index in [0.29, 0.717) is 0 Å². The fourth-order valence-electron chi connectivity index (χ4n) is 2.35. The lowest BCUT2D eigenvalue weighted by Gasteiger charge is -2.01. The van der Waals surface area contributed by atoms with Gasteiger partial charge in [-0.25, -0.2) is 0 Å². The molecular formula is C15H10O2S2. The van der Waals surface area contributed by atoms with E-state index in [1.807, 2.05) is 24.3 Å². The van der Waals surface area contributed by atoms with Gasteiger partial charge in [0.2, 0.25) is 5.78 Å². The Morgan fingerprint density at radius 1 is 1.16 bits per heavy atom. The minimum absolute atomic E-state index is 0.114. The van der Waals surface area contributed by atoms with Crippen LogP contribution in [0.15, 0.2) is 35.7 Å². The summed E-state index contributed by atoms with van der Waals surface area (Å²) < 4.78 is 7.85. The van der Waals surface area contributed by atoms with Crippen LogP contribution in [0.2, 0.25) is 0 Å². The molecule has 2 aromatic heterocycles. The summed E-state index contributed by atoms with van der Waals surface area (Å²) in [4.78, 5) is 13.3. The first-order valence-electron chi connectivity index (χ1n) is 6.09. The van der Waals surface area contributed by atoms with Crippen molar-refractivity contribution in [3.05, 3.63) is 51.7 Å². The van der Waals surface area contributed by atoms with Crippen molar-refractivity contribution in [3.8, 4) is 5.75 Å². The normalized spacial score (nSPS) is 13.5. The topological polar surface area (TPSA) is 26.3 Å². The van der Waals surface area contributed by atoms with Gasteiger partial charge < -0.3 is 4.74 Å². The third-order valence-electron chi connectivity index (χ3n) is 3.31. The number of hydrogen-bond acceptors (Lipinski definition) is 4. The van der Waals surface area contributed by atoms with E-state index in [9.17, 15) is 4.79 Å². The lowest BCUT2D eigenvalue weighted by atomic mass is 10.0. The lowest BCUT2D eigenvalue weighted by Crippen LogP contribution is -1.98. The number of ether oxygens (including phenoxy) is 1. The van der Waals surface area contributed by atoms with Gasteiger partial charge in [-0.2, -0.15) is 0 Å². The smallest absolute Gasteiger partial charge is 0.203 e. The van der Waals surface area contributed by atoms with Crippen LogP contribution in [0, 0.1) is 0 Å². The summed E-state index contributed by atoms with van der Waals surface area (Å²) in [5.41, 5.74) is 1.90. The van der Waals surface area contributed by atoms with Crippen molar-refractivity contribution in [1.82, 2.24) is 0 Å². The van der Waals surface area contributed by atoms with Crippen LogP contribution in [0.5, 0.6) is 5.75 Å². The van der Waals surface area contributed by atoms with Crippen molar-refractivity contribution < 1.29 is 9.53 Å². The van der Waals surface area contributed by atoms with Crippen molar-refractivity contribution in [2.45, 2.75) is 6.42 Å². The fourth-order valence-corrected chi connectivity index (χ4v) is 4.42. The molecule has 1 aliphatic heterocycles. The van der Waals surface area contributed by atoms with Crippen LogP contribution in [-0.4, -0.2) is 12.4 Å². The molecule has 19 heavy (non-hydrogen) atoms. The summed E-state index contributed by atoms with van der Waals surface area (Å²) in [6.45, 7) is 0.724. The lowest BCUT2D eigenvalue weighted by molar-refractivity contribution is 0.104. The number of benzene rings is 1. The highest BCUT2D eigenvalue weighted by molar-refractivity contribution is 7.28. The molecule has 0 spiro atoms. The molecule has 3 heterocycles. The number of fused-ring (bicyclic) bond motifs is 2. The van der Waals surface area contributed by atoms with Crippen LogP contribution in [0.1, 0.15) is 20.8 Å². The Morgan fingerprint density at radius 3 is 3.00 bits per heavy atom. The number of ketones is 1. The van der Waals surface area contributed by atoms with Crippen molar-refractivity contribution in [3.63, 3.8) is 0 Å². The average molecular weight is 286 g/mol. The van der Waals surface area contributed by atoms with E-state index < -0.39 is 0 Å². The molecule has 94 valence electrons. The quantitative estimate of drug-likeness (QED) is 0.662. The molecule has 0 fully saturated rings. The summed E-state index contributed by atoms with van der Waals surface area (Å²) in [5.74, 6) is 1.03. The van der Waals surface area contributed by atoms with Crippen molar-refractivity contribution in [2.24, 2.45) is 0 Å². The molecule has 0 saturated heterocycles. The largest absolute Gasteiger partial charge is 0.493 e. The zero-order chi connectivity index (χ0) is 12.8. The second-order valence-electron chi connectivity index (χ2n) is 4.51. The van der Waals surface area contributed by atoms with Gasteiger partial charge in [0.15, 0.2) is 0 Å². The van der Waals surface area contributed by atoms with Gasteiger partial charge in [-0.1, -0.05) is 0 Å². The highest BCUT2D eigenvalue weighted by atomic mass is 32.1. The molecule has 3 aromatic rings. The van der Waals surface area contributed by atoms with E-state index in [2.05, 4.69) is 11.4 Å². The molecule has 2 nitrogen and oxygen atoms in total. The van der Waals surface area contributed by atoms with Crippen LogP contribution in [0.3, 0.4) is 0 Å². The summed E-state index contributed by atoms with van der Waals surface area (Å²) in [5, 5.41) is 2.06. The first-order chi connectivity index (χ1) is 9.31. The Balaban J connectivity index is 1.75. The van der Waals surface area contributed by atoms with Gasteiger partial charge in [-0.05, 0) is 41.3 Å². The molecule has 0 radical (unpaired) electrons. The molecule has 1 aliphatic rings. The molecular weight excluding hydrogens is 276 g/mol. The van der Waals surface area contributed by atoms with Gasteiger partial charge >= 0.3 is 0 Å². The van der Waals surface area contributed by atoms with Gasteiger partial charge in [0.1, 0.15) is 5.75 Å². The first kappa shape index (κ1) is 11.2. The Hall–Kier alpha value is -1.65. The van der Waals surface area contributed by atoms with Crippen LogP contribution in [-0.2, 0) is 6.42 Å². The SMILES string of the molecule is O=C(c1ccc2c(c1)CCO2)c1cc2sccc2s1. The van der Waals surface area contributed by atoms with Gasteiger partial charge in [0, 0.05) is 21.4 Å². The van der Waals surface area contributed by atoms with E-state index in [1.165, 1.54) is 9.40 Å². The standard InChI is InChI=1S/C15H10O2S2/c16-15(14-8-13-12(19-14)4-6-18-13)10-1-2-11-9(7-10)3-5-17-11/h1-2,4,6-8H,3,5H2. The Bertz CT molecular complexity index is 754. The Morgan fingerprint density at radius 2 is 2.11 bits per heavy atom. The number of rotatable bonds is 2. The number of carbonyl (C=O) groups is 1. The molecule has 0 aliphatic carbocycles. The molecule has 4 rings (SSSR count). The molecule has 0 bridgehead atoms. The van der Waals surface area contributed by atoms with E-state index >= 15 is 0 Å². The number of thiophene rings is 2. The molecule has 0 unspecified atom stereocenters. The summed E-state index contributed by atoms with van der Waals surface area (Å²) in [6, 6.07) is 9.80. The highest BCUT2D eigenvalue weighted by Gasteiger charge is 2.17. The second-order valence-corrected chi connectivity index (χ2v) is 6.54. The summed E-state index contributed by atoms with van der Waals surface area (Å²) in [6.07, 6.45) is 0.899. The van der Waals surface area contributed by atoms with Crippen LogP contribution in [0.25, 0.3) is 9.40 Å². The monoisotopic (exact) mass is 286 g/mol. The first-order valence-corrected chi connectivity index (χ1v) is 7.78.